The number of benzene rings is 3. The number of amides is 1. The number of carbonyl (C=O) groups excluding carboxylic acids is 2. The molecule has 0 spiro atoms. The molecule has 1 aliphatic heterocycles. The van der Waals surface area contributed by atoms with Crippen molar-refractivity contribution < 1.29 is 19.1 Å². The standard InChI is InChI=1S/C29H26N2O4/c1-34-22-14-12-20(13-15-22)28-27-24(23-5-3-4-6-25(23)30-27)17-18-31(28)26(32)16-9-19-7-10-21(11-8-19)29(33)35-2/h3-16,28,30H,17-18H2,1-2H3/b16-9+. The molecule has 1 unspecified atom stereocenters. The number of methoxy groups -OCH3 is 2. The summed E-state index contributed by atoms with van der Waals surface area (Å²) in [6.45, 7) is 0.607. The van der Waals surface area contributed by atoms with Gasteiger partial charge < -0.3 is 19.4 Å². The molecular weight excluding hydrogens is 440 g/mol. The highest BCUT2D eigenvalue weighted by Crippen LogP contribution is 2.39. The Morgan fingerprint density at radius 1 is 0.971 bits per heavy atom. The monoisotopic (exact) mass is 466 g/mol. The maximum absolute atomic E-state index is 13.5. The first-order chi connectivity index (χ1) is 17.1. The number of ether oxygens (including phenoxy) is 2. The van der Waals surface area contributed by atoms with Crippen molar-refractivity contribution in [1.29, 1.82) is 0 Å². The number of H-pyrrole nitrogens is 1. The van der Waals surface area contributed by atoms with Crippen molar-refractivity contribution >= 4 is 28.9 Å². The van der Waals surface area contributed by atoms with Crippen molar-refractivity contribution in [3.05, 3.63) is 107 Å². The molecule has 0 saturated carbocycles. The van der Waals surface area contributed by atoms with Crippen molar-refractivity contribution in [2.75, 3.05) is 20.8 Å². The maximum Gasteiger partial charge on any atom is 0.337 e. The fraction of sp³-hybridized carbons (Fsp3) is 0.172. The number of aromatic nitrogens is 1. The number of carbonyl (C=O) groups is 2. The third-order valence-corrected chi connectivity index (χ3v) is 6.50. The number of fused-ring (bicyclic) bond motifs is 3. The summed E-state index contributed by atoms with van der Waals surface area (Å²) in [5.41, 5.74) is 5.70. The number of para-hydroxylation sites is 1. The normalized spacial score (nSPS) is 15.3. The minimum atomic E-state index is -0.388. The first-order valence-corrected chi connectivity index (χ1v) is 11.5. The zero-order chi connectivity index (χ0) is 24.4. The van der Waals surface area contributed by atoms with Crippen LogP contribution in [0.2, 0.25) is 0 Å². The molecule has 0 saturated heterocycles. The molecule has 4 aromatic rings. The predicted molar refractivity (Wildman–Crippen MR) is 135 cm³/mol. The van der Waals surface area contributed by atoms with Crippen LogP contribution in [0.5, 0.6) is 5.75 Å². The van der Waals surface area contributed by atoms with Crippen LogP contribution in [0.1, 0.15) is 38.8 Å². The molecule has 0 radical (unpaired) electrons. The van der Waals surface area contributed by atoms with Gasteiger partial charge in [-0.1, -0.05) is 42.5 Å². The molecular formula is C29H26N2O4. The summed E-state index contributed by atoms with van der Waals surface area (Å²) >= 11 is 0. The van der Waals surface area contributed by atoms with Crippen LogP contribution in [0, 0.1) is 0 Å². The van der Waals surface area contributed by atoms with Gasteiger partial charge in [-0.2, -0.15) is 0 Å². The Morgan fingerprint density at radius 3 is 2.43 bits per heavy atom. The van der Waals surface area contributed by atoms with Gasteiger partial charge in [0.05, 0.1) is 25.8 Å². The van der Waals surface area contributed by atoms with Crippen molar-refractivity contribution in [3.63, 3.8) is 0 Å². The lowest BCUT2D eigenvalue weighted by molar-refractivity contribution is -0.128. The largest absolute Gasteiger partial charge is 0.497 e. The smallest absolute Gasteiger partial charge is 0.337 e. The van der Waals surface area contributed by atoms with E-state index in [-0.39, 0.29) is 17.9 Å². The summed E-state index contributed by atoms with van der Waals surface area (Å²) < 4.78 is 10.1. The van der Waals surface area contributed by atoms with Gasteiger partial charge in [0.25, 0.3) is 0 Å². The van der Waals surface area contributed by atoms with Gasteiger partial charge in [0.15, 0.2) is 0 Å². The summed E-state index contributed by atoms with van der Waals surface area (Å²) in [6.07, 6.45) is 4.14. The number of aromatic amines is 1. The molecule has 0 fully saturated rings. The number of nitrogens with zero attached hydrogens (tertiary/aromatic N) is 1. The lowest BCUT2D eigenvalue weighted by atomic mass is 9.92. The Hall–Kier alpha value is -4.32. The molecule has 176 valence electrons. The van der Waals surface area contributed by atoms with Gasteiger partial charge in [-0.25, -0.2) is 4.79 Å². The molecule has 0 aliphatic carbocycles. The van der Waals surface area contributed by atoms with E-state index in [1.165, 1.54) is 18.1 Å². The van der Waals surface area contributed by atoms with Crippen LogP contribution in [0.25, 0.3) is 17.0 Å². The number of nitrogens with one attached hydrogen (secondary N) is 1. The minimum Gasteiger partial charge on any atom is -0.497 e. The Morgan fingerprint density at radius 2 is 1.71 bits per heavy atom. The van der Waals surface area contributed by atoms with Gasteiger partial charge in [-0.05, 0) is 59.5 Å². The molecule has 0 bridgehead atoms. The second-order valence-corrected chi connectivity index (χ2v) is 8.47. The van der Waals surface area contributed by atoms with E-state index in [9.17, 15) is 9.59 Å². The van der Waals surface area contributed by atoms with Crippen molar-refractivity contribution in [2.45, 2.75) is 12.5 Å². The van der Waals surface area contributed by atoms with E-state index >= 15 is 0 Å². The Balaban J connectivity index is 1.48. The van der Waals surface area contributed by atoms with Crippen LogP contribution in [0.3, 0.4) is 0 Å². The predicted octanol–water partition coefficient (Wildman–Crippen LogP) is 5.15. The van der Waals surface area contributed by atoms with E-state index in [4.69, 9.17) is 9.47 Å². The number of rotatable bonds is 5. The van der Waals surface area contributed by atoms with E-state index in [2.05, 4.69) is 17.1 Å². The van der Waals surface area contributed by atoms with E-state index in [1.807, 2.05) is 41.3 Å². The van der Waals surface area contributed by atoms with Gasteiger partial charge in [0, 0.05) is 29.2 Å². The molecule has 2 heterocycles. The highest BCUT2D eigenvalue weighted by atomic mass is 16.5. The summed E-state index contributed by atoms with van der Waals surface area (Å²) in [7, 11) is 3.00. The lowest BCUT2D eigenvalue weighted by Gasteiger charge is -2.35. The van der Waals surface area contributed by atoms with Gasteiger partial charge in [0.2, 0.25) is 5.91 Å². The number of esters is 1. The SMILES string of the molecule is COC(=O)c1ccc(/C=C/C(=O)N2CCc3c([nH]c4ccccc34)C2c2ccc(OC)cc2)cc1. The van der Waals surface area contributed by atoms with Crippen LogP contribution in [0.15, 0.2) is 78.9 Å². The van der Waals surface area contributed by atoms with Gasteiger partial charge in [-0.3, -0.25) is 4.79 Å². The van der Waals surface area contributed by atoms with Crippen molar-refractivity contribution in [2.24, 2.45) is 0 Å². The molecule has 1 aromatic heterocycles. The van der Waals surface area contributed by atoms with E-state index in [0.717, 1.165) is 34.5 Å². The molecule has 1 atom stereocenters. The summed E-state index contributed by atoms with van der Waals surface area (Å²) in [6, 6.07) is 22.9. The van der Waals surface area contributed by atoms with Crippen LogP contribution in [0.4, 0.5) is 0 Å². The summed E-state index contributed by atoms with van der Waals surface area (Å²) in [5.74, 6) is 0.308. The molecule has 6 nitrogen and oxygen atoms in total. The van der Waals surface area contributed by atoms with Crippen LogP contribution >= 0.6 is 0 Å². The van der Waals surface area contributed by atoms with Gasteiger partial charge in [0.1, 0.15) is 5.75 Å². The fourth-order valence-corrected chi connectivity index (χ4v) is 4.72. The van der Waals surface area contributed by atoms with E-state index in [1.54, 1.807) is 43.5 Å². The molecule has 3 aromatic carbocycles. The third-order valence-electron chi connectivity index (χ3n) is 6.50. The molecule has 1 aliphatic rings. The second kappa shape index (κ2) is 9.50. The Bertz CT molecular complexity index is 1400. The average molecular weight is 467 g/mol. The molecule has 1 amide bonds. The molecule has 5 rings (SSSR count). The lowest BCUT2D eigenvalue weighted by Crippen LogP contribution is -2.39. The van der Waals surface area contributed by atoms with Crippen LogP contribution in [-0.4, -0.2) is 42.5 Å². The van der Waals surface area contributed by atoms with E-state index < -0.39 is 0 Å². The van der Waals surface area contributed by atoms with Gasteiger partial charge in [-0.15, -0.1) is 0 Å². The van der Waals surface area contributed by atoms with Crippen molar-refractivity contribution in [1.82, 2.24) is 9.88 Å². The zero-order valence-corrected chi connectivity index (χ0v) is 19.7. The van der Waals surface area contributed by atoms with Crippen molar-refractivity contribution in [3.8, 4) is 5.75 Å². The first-order valence-electron chi connectivity index (χ1n) is 11.5. The average Bonchev–Trinajstić information content (AvgIpc) is 3.30. The van der Waals surface area contributed by atoms with Crippen LogP contribution in [-0.2, 0) is 16.0 Å². The fourth-order valence-electron chi connectivity index (χ4n) is 4.72. The molecule has 35 heavy (non-hydrogen) atoms. The van der Waals surface area contributed by atoms with E-state index in [0.29, 0.717) is 12.1 Å². The summed E-state index contributed by atoms with van der Waals surface area (Å²) in [4.78, 5) is 30.6. The number of hydrogen-bond donors (Lipinski definition) is 1. The Kier molecular flexibility index (Phi) is 6.10. The minimum absolute atomic E-state index is 0.0767. The highest BCUT2D eigenvalue weighted by Gasteiger charge is 2.33. The zero-order valence-electron chi connectivity index (χ0n) is 19.7. The second-order valence-electron chi connectivity index (χ2n) is 8.47. The highest BCUT2D eigenvalue weighted by molar-refractivity contribution is 5.94. The van der Waals surface area contributed by atoms with Gasteiger partial charge >= 0.3 is 5.97 Å². The van der Waals surface area contributed by atoms with Crippen LogP contribution < -0.4 is 4.74 Å². The third kappa shape index (κ3) is 4.30. The maximum atomic E-state index is 13.5. The Labute approximate surface area is 203 Å². The first kappa shape index (κ1) is 22.5. The molecule has 1 N–H and O–H groups in total. The summed E-state index contributed by atoms with van der Waals surface area (Å²) in [5, 5.41) is 1.20. The molecule has 6 heteroatoms. The quantitative estimate of drug-likeness (QED) is 0.326. The number of hydrogen-bond acceptors (Lipinski definition) is 4. The topological polar surface area (TPSA) is 71.6 Å².